The zero-order chi connectivity index (χ0) is 13.6. The van der Waals surface area contributed by atoms with Crippen LogP contribution in [0.1, 0.15) is 19.6 Å². The second kappa shape index (κ2) is 4.35. The average molecular weight is 269 g/mol. The molecule has 0 saturated carbocycles. The van der Waals surface area contributed by atoms with Gasteiger partial charge in [0, 0.05) is 0 Å². The molecule has 0 bridgehead atoms. The Bertz CT molecular complexity index is 656. The van der Waals surface area contributed by atoms with Gasteiger partial charge < -0.3 is 14.8 Å². The number of nitrogens with one attached hydrogen (secondary N) is 1. The Morgan fingerprint density at radius 3 is 3.11 bits per heavy atom. The van der Waals surface area contributed by atoms with E-state index in [1.54, 1.807) is 6.92 Å². The predicted octanol–water partition coefficient (Wildman–Crippen LogP) is -0.479. The number of ether oxygens (including phenoxy) is 1. The van der Waals surface area contributed by atoms with Gasteiger partial charge in [0.05, 0.1) is 12.4 Å². The number of fused-ring (bicyclic) bond motifs is 1. The highest BCUT2D eigenvalue weighted by atomic mass is 19.1. The van der Waals surface area contributed by atoms with Crippen LogP contribution in [-0.4, -0.2) is 48.4 Å². The maximum Gasteiger partial charge on any atom is 0.280 e. The largest absolute Gasteiger partial charge is 0.387 e. The number of hydrogen-bond acceptors (Lipinski definition) is 6. The van der Waals surface area contributed by atoms with Crippen LogP contribution in [0.25, 0.3) is 11.2 Å². The summed E-state index contributed by atoms with van der Waals surface area (Å²) in [6, 6.07) is 0. The molecular weight excluding hydrogens is 257 g/mol. The first-order chi connectivity index (χ1) is 9.13. The summed E-state index contributed by atoms with van der Waals surface area (Å²) < 4.78 is 20.5. The van der Waals surface area contributed by atoms with Gasteiger partial charge in [-0.15, -0.1) is 5.10 Å². The van der Waals surface area contributed by atoms with E-state index >= 15 is 0 Å². The monoisotopic (exact) mass is 269 g/mol. The molecule has 3 heterocycles. The van der Waals surface area contributed by atoms with Crippen LogP contribution in [-0.2, 0) is 4.74 Å². The molecule has 2 aromatic heterocycles. The van der Waals surface area contributed by atoms with Gasteiger partial charge in [0.15, 0.2) is 23.6 Å². The van der Waals surface area contributed by atoms with E-state index in [9.17, 15) is 14.3 Å². The molecule has 0 aliphatic carbocycles. The maximum atomic E-state index is 14.0. The number of nitrogens with zero attached hydrogens (tertiary/aromatic N) is 4. The molecule has 0 amide bonds. The normalized spacial score (nSPS) is 31.1. The fourth-order valence-electron chi connectivity index (χ4n) is 2.19. The molecule has 0 unspecified atom stereocenters. The molecule has 1 saturated heterocycles. The molecule has 4 atom stereocenters. The number of aliphatic hydroxyl groups excluding tert-OH is 1. The Labute approximate surface area is 106 Å². The molecule has 8 nitrogen and oxygen atoms in total. The quantitative estimate of drug-likeness (QED) is 0.762. The minimum Gasteiger partial charge on any atom is -0.387 e. The van der Waals surface area contributed by atoms with Crippen LogP contribution in [0, 0.1) is 0 Å². The van der Waals surface area contributed by atoms with Crippen molar-refractivity contribution in [1.29, 1.82) is 0 Å². The third kappa shape index (κ3) is 1.73. The van der Waals surface area contributed by atoms with Crippen molar-refractivity contribution in [2.45, 2.75) is 38.0 Å². The number of alkyl halides is 1. The number of halogens is 1. The van der Waals surface area contributed by atoms with Crippen molar-refractivity contribution in [1.82, 2.24) is 25.0 Å². The third-order valence-electron chi connectivity index (χ3n) is 3.20. The number of hydrogen-bond donors (Lipinski definition) is 2. The molecule has 0 radical (unpaired) electrons. The molecule has 2 aromatic rings. The Hall–Kier alpha value is -1.87. The molecule has 0 aromatic carbocycles. The smallest absolute Gasteiger partial charge is 0.280 e. The number of H-pyrrole nitrogens is 1. The first kappa shape index (κ1) is 12.2. The average Bonchev–Trinajstić information content (AvgIpc) is 2.94. The van der Waals surface area contributed by atoms with Gasteiger partial charge in [-0.25, -0.2) is 9.37 Å². The van der Waals surface area contributed by atoms with Crippen LogP contribution in [0.5, 0.6) is 0 Å². The highest BCUT2D eigenvalue weighted by Gasteiger charge is 2.45. The van der Waals surface area contributed by atoms with Crippen LogP contribution >= 0.6 is 0 Å². The maximum absolute atomic E-state index is 14.0. The number of rotatable bonds is 2. The molecule has 3 rings (SSSR count). The molecule has 102 valence electrons. The standard InChI is InChI=1S/C10H12FN5O3/c1-2-4-7(17)5(11)10(19-4)16-8-6(14-15-16)9(18)13-3-12-8/h3-5,7,10,17H,2H2,1H3,(H,12,13,18)/t4-,5+,7-,10-/m1/s1. The van der Waals surface area contributed by atoms with Crippen molar-refractivity contribution in [3.05, 3.63) is 16.7 Å². The van der Waals surface area contributed by atoms with Gasteiger partial charge >= 0.3 is 0 Å². The van der Waals surface area contributed by atoms with Crippen molar-refractivity contribution >= 4 is 11.2 Å². The molecule has 1 aliphatic heterocycles. The minimum atomic E-state index is -1.64. The van der Waals surface area contributed by atoms with Crippen LogP contribution in [0.3, 0.4) is 0 Å². The van der Waals surface area contributed by atoms with Crippen LogP contribution in [0.4, 0.5) is 4.39 Å². The lowest BCUT2D eigenvalue weighted by Gasteiger charge is -2.12. The van der Waals surface area contributed by atoms with E-state index in [0.29, 0.717) is 6.42 Å². The number of aromatic amines is 1. The van der Waals surface area contributed by atoms with Crippen LogP contribution in [0.2, 0.25) is 0 Å². The number of aliphatic hydroxyl groups is 1. The summed E-state index contributed by atoms with van der Waals surface area (Å²) in [7, 11) is 0. The Kier molecular flexibility index (Phi) is 2.79. The fraction of sp³-hybridized carbons (Fsp3) is 0.600. The summed E-state index contributed by atoms with van der Waals surface area (Å²) in [5.74, 6) is 0. The highest BCUT2D eigenvalue weighted by molar-refractivity contribution is 5.67. The van der Waals surface area contributed by atoms with Gasteiger partial charge in [-0.2, -0.15) is 4.68 Å². The Morgan fingerprint density at radius 2 is 2.42 bits per heavy atom. The van der Waals surface area contributed by atoms with E-state index in [2.05, 4.69) is 20.3 Å². The summed E-state index contributed by atoms with van der Waals surface area (Å²) in [6.45, 7) is 1.78. The zero-order valence-corrected chi connectivity index (χ0v) is 10.0. The van der Waals surface area contributed by atoms with Crippen molar-refractivity contribution in [3.8, 4) is 0 Å². The van der Waals surface area contributed by atoms with E-state index in [1.807, 2.05) is 0 Å². The third-order valence-corrected chi connectivity index (χ3v) is 3.20. The molecule has 2 N–H and O–H groups in total. The second-order valence-corrected chi connectivity index (χ2v) is 4.35. The fourth-order valence-corrected chi connectivity index (χ4v) is 2.19. The van der Waals surface area contributed by atoms with Gasteiger partial charge in [0.1, 0.15) is 6.10 Å². The van der Waals surface area contributed by atoms with Crippen LogP contribution in [0.15, 0.2) is 11.1 Å². The summed E-state index contributed by atoms with van der Waals surface area (Å²) in [4.78, 5) is 17.7. The lowest BCUT2D eigenvalue weighted by atomic mass is 10.1. The lowest BCUT2D eigenvalue weighted by molar-refractivity contribution is -0.0307. The molecule has 0 spiro atoms. The molecule has 1 aliphatic rings. The number of aromatic nitrogens is 5. The Morgan fingerprint density at radius 1 is 1.63 bits per heavy atom. The molecule has 1 fully saturated rings. The Balaban J connectivity index is 2.06. The summed E-state index contributed by atoms with van der Waals surface area (Å²) >= 11 is 0. The lowest BCUT2D eigenvalue weighted by Crippen LogP contribution is -2.28. The predicted molar refractivity (Wildman–Crippen MR) is 61.0 cm³/mol. The van der Waals surface area contributed by atoms with Crippen LogP contribution < -0.4 is 5.56 Å². The summed E-state index contributed by atoms with van der Waals surface area (Å²) in [5.41, 5.74) is -0.328. The van der Waals surface area contributed by atoms with Gasteiger partial charge in [-0.1, -0.05) is 12.1 Å². The highest BCUT2D eigenvalue weighted by Crippen LogP contribution is 2.33. The zero-order valence-electron chi connectivity index (χ0n) is 10.0. The van der Waals surface area contributed by atoms with Crippen molar-refractivity contribution in [3.63, 3.8) is 0 Å². The van der Waals surface area contributed by atoms with Gasteiger partial charge in [-0.05, 0) is 6.42 Å². The second-order valence-electron chi connectivity index (χ2n) is 4.35. The summed E-state index contributed by atoms with van der Waals surface area (Å²) in [6.07, 6.45) is -2.95. The SMILES string of the molecule is CC[C@H]1O[C@@H](n2nnc3c(=O)[nH]cnc32)[C@@H](F)[C@@H]1O. The topological polar surface area (TPSA) is 106 Å². The van der Waals surface area contributed by atoms with Gasteiger partial charge in [0.2, 0.25) is 0 Å². The van der Waals surface area contributed by atoms with E-state index < -0.39 is 30.2 Å². The molecule has 19 heavy (non-hydrogen) atoms. The first-order valence-corrected chi connectivity index (χ1v) is 5.89. The van der Waals surface area contributed by atoms with Crippen molar-refractivity contribution in [2.75, 3.05) is 0 Å². The van der Waals surface area contributed by atoms with E-state index in [4.69, 9.17) is 4.74 Å². The first-order valence-electron chi connectivity index (χ1n) is 5.89. The van der Waals surface area contributed by atoms with Crippen molar-refractivity contribution in [2.24, 2.45) is 0 Å². The van der Waals surface area contributed by atoms with E-state index in [0.717, 1.165) is 4.68 Å². The van der Waals surface area contributed by atoms with E-state index in [-0.39, 0.29) is 11.2 Å². The summed E-state index contributed by atoms with van der Waals surface area (Å²) in [5, 5.41) is 17.1. The van der Waals surface area contributed by atoms with E-state index in [1.165, 1.54) is 6.33 Å². The van der Waals surface area contributed by atoms with Crippen molar-refractivity contribution < 1.29 is 14.2 Å². The molecular formula is C10H12FN5O3. The van der Waals surface area contributed by atoms with Gasteiger partial charge in [0.25, 0.3) is 5.56 Å². The molecule has 9 heteroatoms. The minimum absolute atomic E-state index is 0.00717. The van der Waals surface area contributed by atoms with Gasteiger partial charge in [-0.3, -0.25) is 4.79 Å².